The molecule has 1 heterocycles. The molecule has 0 aliphatic rings. The zero-order valence-electron chi connectivity index (χ0n) is 13.0. The van der Waals surface area contributed by atoms with Gasteiger partial charge in [0.2, 0.25) is 0 Å². The minimum Gasteiger partial charge on any atom is -0.507 e. The minimum absolute atomic E-state index is 0.135. The van der Waals surface area contributed by atoms with E-state index >= 15 is 0 Å². The molecule has 0 saturated carbocycles. The predicted octanol–water partition coefficient (Wildman–Crippen LogP) is 5.64. The van der Waals surface area contributed by atoms with Crippen molar-refractivity contribution in [2.45, 2.75) is 6.18 Å². The Hall–Kier alpha value is -3.08. The first-order valence-corrected chi connectivity index (χ1v) is 7.54. The third kappa shape index (κ3) is 3.88. The van der Waals surface area contributed by atoms with Gasteiger partial charge in [0, 0.05) is 11.8 Å². The van der Waals surface area contributed by atoms with E-state index in [4.69, 9.17) is 0 Å². The lowest BCUT2D eigenvalue weighted by Gasteiger charge is -2.12. The Morgan fingerprint density at radius 3 is 2.32 bits per heavy atom. The molecular weight excluding hydrogens is 327 g/mol. The fourth-order valence-corrected chi connectivity index (χ4v) is 2.47. The number of benzene rings is 2. The fraction of sp³-hybridized carbons (Fsp3) is 0.0500. The summed E-state index contributed by atoms with van der Waals surface area (Å²) in [6, 6.07) is 15.3. The topological polar surface area (TPSA) is 33.1 Å². The lowest BCUT2D eigenvalue weighted by Crippen LogP contribution is -2.04. The van der Waals surface area contributed by atoms with E-state index in [9.17, 15) is 18.3 Å². The molecule has 0 unspecified atom stereocenters. The summed E-state index contributed by atoms with van der Waals surface area (Å²) in [6.45, 7) is 0. The third-order valence-electron chi connectivity index (χ3n) is 3.70. The standard InChI is InChI=1S/C20H14F3NO/c21-20(22,23)15-9-11-19(25)18(13-15)17-7-2-1-5-14(17)8-10-16-6-3-4-12-24-16/h1-13,25H/b10-8+. The normalized spacial score (nSPS) is 11.8. The molecule has 2 aromatic carbocycles. The highest BCUT2D eigenvalue weighted by Crippen LogP contribution is 2.38. The molecule has 1 N–H and O–H groups in total. The zero-order valence-corrected chi connectivity index (χ0v) is 13.0. The van der Waals surface area contributed by atoms with Crippen molar-refractivity contribution in [1.29, 1.82) is 0 Å². The molecule has 0 radical (unpaired) electrons. The van der Waals surface area contributed by atoms with Gasteiger partial charge in [0.25, 0.3) is 0 Å². The van der Waals surface area contributed by atoms with E-state index < -0.39 is 11.7 Å². The van der Waals surface area contributed by atoms with E-state index in [0.717, 1.165) is 23.9 Å². The van der Waals surface area contributed by atoms with Crippen LogP contribution in [-0.4, -0.2) is 10.1 Å². The first-order valence-electron chi connectivity index (χ1n) is 7.54. The summed E-state index contributed by atoms with van der Waals surface area (Å²) in [4.78, 5) is 4.18. The van der Waals surface area contributed by atoms with Crippen LogP contribution in [0.4, 0.5) is 13.2 Å². The number of rotatable bonds is 3. The summed E-state index contributed by atoms with van der Waals surface area (Å²) in [5.74, 6) is -0.202. The average molecular weight is 341 g/mol. The largest absolute Gasteiger partial charge is 0.507 e. The van der Waals surface area contributed by atoms with Gasteiger partial charge in [-0.3, -0.25) is 4.98 Å². The maximum absolute atomic E-state index is 13.0. The highest BCUT2D eigenvalue weighted by molar-refractivity contribution is 5.83. The van der Waals surface area contributed by atoms with Crippen LogP contribution in [0.1, 0.15) is 16.8 Å². The molecule has 0 amide bonds. The number of pyridine rings is 1. The van der Waals surface area contributed by atoms with Gasteiger partial charge in [-0.2, -0.15) is 13.2 Å². The Morgan fingerprint density at radius 2 is 1.60 bits per heavy atom. The second kappa shape index (κ2) is 6.81. The molecule has 3 rings (SSSR count). The van der Waals surface area contributed by atoms with Gasteiger partial charge in [-0.1, -0.05) is 36.4 Å². The third-order valence-corrected chi connectivity index (χ3v) is 3.70. The van der Waals surface area contributed by atoms with Gasteiger partial charge >= 0.3 is 6.18 Å². The molecule has 5 heteroatoms. The van der Waals surface area contributed by atoms with Crippen molar-refractivity contribution in [2.75, 3.05) is 0 Å². The van der Waals surface area contributed by atoms with Crippen molar-refractivity contribution in [3.05, 3.63) is 83.7 Å². The number of halogens is 3. The van der Waals surface area contributed by atoms with E-state index in [1.54, 1.807) is 48.7 Å². The Kier molecular flexibility index (Phi) is 4.57. The fourth-order valence-electron chi connectivity index (χ4n) is 2.47. The number of hydrogen-bond acceptors (Lipinski definition) is 2. The monoisotopic (exact) mass is 341 g/mol. The van der Waals surface area contributed by atoms with Crippen molar-refractivity contribution < 1.29 is 18.3 Å². The predicted molar refractivity (Wildman–Crippen MR) is 91.7 cm³/mol. The molecule has 25 heavy (non-hydrogen) atoms. The molecule has 3 aromatic rings. The van der Waals surface area contributed by atoms with Crippen LogP contribution in [0.15, 0.2) is 66.9 Å². The number of alkyl halides is 3. The molecule has 0 bridgehead atoms. The molecular formula is C20H14F3NO. The number of hydrogen-bond donors (Lipinski definition) is 1. The first-order chi connectivity index (χ1) is 11.9. The van der Waals surface area contributed by atoms with E-state index in [0.29, 0.717) is 11.1 Å². The van der Waals surface area contributed by atoms with Crippen molar-refractivity contribution in [3.8, 4) is 16.9 Å². The maximum atomic E-state index is 13.0. The minimum atomic E-state index is -4.47. The molecule has 2 nitrogen and oxygen atoms in total. The first kappa shape index (κ1) is 16.8. The quantitative estimate of drug-likeness (QED) is 0.668. The maximum Gasteiger partial charge on any atom is 0.416 e. The summed E-state index contributed by atoms with van der Waals surface area (Å²) < 4.78 is 38.9. The Bertz CT molecular complexity index is 902. The van der Waals surface area contributed by atoms with Crippen LogP contribution >= 0.6 is 0 Å². The lowest BCUT2D eigenvalue weighted by molar-refractivity contribution is -0.137. The van der Waals surface area contributed by atoms with Crippen LogP contribution in [0.25, 0.3) is 23.3 Å². The molecule has 126 valence electrons. The van der Waals surface area contributed by atoms with Crippen LogP contribution in [0.5, 0.6) is 5.75 Å². The van der Waals surface area contributed by atoms with Gasteiger partial charge in [-0.15, -0.1) is 0 Å². The van der Waals surface area contributed by atoms with Crippen molar-refractivity contribution in [1.82, 2.24) is 4.98 Å². The molecule has 0 fully saturated rings. The smallest absolute Gasteiger partial charge is 0.416 e. The number of nitrogens with zero attached hydrogens (tertiary/aromatic N) is 1. The van der Waals surface area contributed by atoms with Crippen LogP contribution in [0.3, 0.4) is 0 Å². The number of phenolic OH excluding ortho intramolecular Hbond substituents is 1. The van der Waals surface area contributed by atoms with Crippen molar-refractivity contribution in [3.63, 3.8) is 0 Å². The van der Waals surface area contributed by atoms with E-state index in [1.807, 2.05) is 12.1 Å². The summed E-state index contributed by atoms with van der Waals surface area (Å²) in [5, 5.41) is 10.1. The van der Waals surface area contributed by atoms with Crippen LogP contribution in [0, 0.1) is 0 Å². The van der Waals surface area contributed by atoms with Gasteiger partial charge in [0.1, 0.15) is 5.75 Å². The summed E-state index contributed by atoms with van der Waals surface area (Å²) in [7, 11) is 0. The van der Waals surface area contributed by atoms with E-state index in [2.05, 4.69) is 4.98 Å². The van der Waals surface area contributed by atoms with E-state index in [-0.39, 0.29) is 11.3 Å². The van der Waals surface area contributed by atoms with E-state index in [1.165, 1.54) is 0 Å². The number of aromatic hydroxyl groups is 1. The van der Waals surface area contributed by atoms with Crippen molar-refractivity contribution in [2.24, 2.45) is 0 Å². The van der Waals surface area contributed by atoms with Gasteiger partial charge in [-0.25, -0.2) is 0 Å². The van der Waals surface area contributed by atoms with Crippen molar-refractivity contribution >= 4 is 12.2 Å². The molecule has 0 atom stereocenters. The molecule has 0 spiro atoms. The number of phenols is 1. The molecule has 1 aromatic heterocycles. The Balaban J connectivity index is 2.06. The lowest BCUT2D eigenvalue weighted by atomic mass is 9.96. The average Bonchev–Trinajstić information content (AvgIpc) is 2.61. The van der Waals surface area contributed by atoms with Crippen LogP contribution in [-0.2, 0) is 6.18 Å². The molecule has 0 aliphatic carbocycles. The van der Waals surface area contributed by atoms with Gasteiger partial charge < -0.3 is 5.11 Å². The Morgan fingerprint density at radius 1 is 0.840 bits per heavy atom. The second-order valence-corrected chi connectivity index (χ2v) is 5.40. The molecule has 0 aliphatic heterocycles. The summed E-state index contributed by atoms with van der Waals surface area (Å²) >= 11 is 0. The SMILES string of the molecule is Oc1ccc(C(F)(F)F)cc1-c1ccccc1/C=C/c1ccccn1. The zero-order chi connectivity index (χ0) is 17.9. The van der Waals surface area contributed by atoms with Gasteiger partial charge in [0.05, 0.1) is 11.3 Å². The summed E-state index contributed by atoms with van der Waals surface area (Å²) in [6.07, 6.45) is 0.715. The second-order valence-electron chi connectivity index (χ2n) is 5.40. The highest BCUT2D eigenvalue weighted by atomic mass is 19.4. The highest BCUT2D eigenvalue weighted by Gasteiger charge is 2.31. The Labute approximate surface area is 142 Å². The summed E-state index contributed by atoms with van der Waals surface area (Å²) in [5.41, 5.74) is 1.26. The van der Waals surface area contributed by atoms with Gasteiger partial charge in [-0.05, 0) is 47.5 Å². The molecule has 0 saturated heterocycles. The van der Waals surface area contributed by atoms with Crippen LogP contribution in [0.2, 0.25) is 0 Å². The number of aromatic nitrogens is 1. The van der Waals surface area contributed by atoms with Crippen LogP contribution < -0.4 is 0 Å². The van der Waals surface area contributed by atoms with Gasteiger partial charge in [0.15, 0.2) is 0 Å².